The number of nitrogens with one attached hydrogen (secondary N) is 2. The van der Waals surface area contributed by atoms with Crippen molar-refractivity contribution < 1.29 is 19.1 Å². The predicted molar refractivity (Wildman–Crippen MR) is 117 cm³/mol. The molecule has 0 bridgehead atoms. The minimum absolute atomic E-state index is 0.0615. The van der Waals surface area contributed by atoms with Crippen molar-refractivity contribution >= 4 is 28.9 Å². The lowest BCUT2D eigenvalue weighted by atomic mass is 9.95. The number of fused-ring (bicyclic) bond motifs is 1. The number of hydrogen-bond acceptors (Lipinski definition) is 7. The van der Waals surface area contributed by atoms with Gasteiger partial charge in [-0.2, -0.15) is 0 Å². The van der Waals surface area contributed by atoms with Gasteiger partial charge < -0.3 is 24.7 Å². The summed E-state index contributed by atoms with van der Waals surface area (Å²) in [7, 11) is 3.79. The maximum absolute atomic E-state index is 13.1. The van der Waals surface area contributed by atoms with Gasteiger partial charge in [0.15, 0.2) is 11.3 Å². The standard InChI is InChI=1S/C23H28N4O4/c1-27(2)11-12-30-23(29)19-20(28)18(31-22(19)26-16-7-4-3-5-8-16)13-15-14-25-21-17(15)9-6-10-24-21/h6,9-10,13-14,16,26H,3-5,7-8,11-12H2,1-2H3,(H,24,25). The fourth-order valence-electron chi connectivity index (χ4n) is 3.88. The molecule has 164 valence electrons. The summed E-state index contributed by atoms with van der Waals surface area (Å²) >= 11 is 0. The summed E-state index contributed by atoms with van der Waals surface area (Å²) in [4.78, 5) is 35.2. The van der Waals surface area contributed by atoms with Gasteiger partial charge in [-0.3, -0.25) is 4.79 Å². The number of nitrogens with zero attached hydrogens (tertiary/aromatic N) is 2. The fraction of sp³-hybridized carbons (Fsp3) is 0.435. The monoisotopic (exact) mass is 424 g/mol. The van der Waals surface area contributed by atoms with E-state index in [0.29, 0.717) is 6.54 Å². The maximum Gasteiger partial charge on any atom is 0.347 e. The number of carbonyl (C=O) groups excluding carboxylic acids is 2. The molecule has 1 fully saturated rings. The van der Waals surface area contributed by atoms with Crippen molar-refractivity contribution in [2.75, 3.05) is 27.2 Å². The second-order valence-corrected chi connectivity index (χ2v) is 8.21. The van der Waals surface area contributed by atoms with Crippen LogP contribution >= 0.6 is 0 Å². The van der Waals surface area contributed by atoms with Crippen LogP contribution < -0.4 is 5.32 Å². The van der Waals surface area contributed by atoms with E-state index in [1.54, 1.807) is 18.5 Å². The van der Waals surface area contributed by atoms with Crippen molar-refractivity contribution in [1.29, 1.82) is 0 Å². The second-order valence-electron chi connectivity index (χ2n) is 8.21. The van der Waals surface area contributed by atoms with Gasteiger partial charge in [0.05, 0.1) is 0 Å². The zero-order chi connectivity index (χ0) is 21.8. The molecule has 1 saturated carbocycles. The third-order valence-electron chi connectivity index (χ3n) is 5.58. The number of hydrogen-bond donors (Lipinski definition) is 2. The van der Waals surface area contributed by atoms with Gasteiger partial charge in [-0.1, -0.05) is 19.3 Å². The van der Waals surface area contributed by atoms with Crippen molar-refractivity contribution in [3.05, 3.63) is 47.3 Å². The van der Waals surface area contributed by atoms with E-state index in [1.807, 2.05) is 31.1 Å². The summed E-state index contributed by atoms with van der Waals surface area (Å²) in [5, 5.41) is 4.16. The normalized spacial score (nSPS) is 18.8. The Morgan fingerprint density at radius 3 is 2.94 bits per heavy atom. The van der Waals surface area contributed by atoms with Gasteiger partial charge in [-0.25, -0.2) is 9.78 Å². The van der Waals surface area contributed by atoms with E-state index in [4.69, 9.17) is 9.47 Å². The average molecular weight is 425 g/mol. The molecule has 8 heteroatoms. The largest absolute Gasteiger partial charge is 0.460 e. The Labute approximate surface area is 181 Å². The number of Topliss-reactive ketones (excluding diaryl/α,β-unsaturated/α-hetero) is 1. The first-order chi connectivity index (χ1) is 15.0. The van der Waals surface area contributed by atoms with Crippen molar-refractivity contribution in [1.82, 2.24) is 20.2 Å². The highest BCUT2D eigenvalue weighted by molar-refractivity contribution is 6.26. The summed E-state index contributed by atoms with van der Waals surface area (Å²) < 4.78 is 11.3. The van der Waals surface area contributed by atoms with Gasteiger partial charge in [-0.15, -0.1) is 0 Å². The van der Waals surface area contributed by atoms with Crippen LogP contribution in [-0.4, -0.2) is 59.9 Å². The lowest BCUT2D eigenvalue weighted by Crippen LogP contribution is -2.32. The molecular weight excluding hydrogens is 396 g/mol. The molecular formula is C23H28N4O4. The van der Waals surface area contributed by atoms with Crippen LogP contribution in [0, 0.1) is 0 Å². The first kappa shape index (κ1) is 21.1. The summed E-state index contributed by atoms with van der Waals surface area (Å²) in [6, 6.07) is 3.92. The average Bonchev–Trinajstić information content (AvgIpc) is 3.30. The Hall–Kier alpha value is -3.13. The molecule has 0 spiro atoms. The number of carbonyl (C=O) groups is 2. The molecule has 2 N–H and O–H groups in total. The number of aromatic nitrogens is 2. The van der Waals surface area contributed by atoms with E-state index in [-0.39, 0.29) is 29.9 Å². The van der Waals surface area contributed by atoms with E-state index >= 15 is 0 Å². The van der Waals surface area contributed by atoms with Crippen LogP contribution in [0.15, 0.2) is 41.7 Å². The molecule has 2 aliphatic rings. The number of aromatic amines is 1. The molecule has 0 saturated heterocycles. The topological polar surface area (TPSA) is 96.6 Å². The number of H-pyrrole nitrogens is 1. The van der Waals surface area contributed by atoms with Crippen LogP contribution in [0.1, 0.15) is 37.7 Å². The quantitative estimate of drug-likeness (QED) is 0.401. The SMILES string of the molecule is CN(C)CCOC(=O)C1=C(NC2CCCCC2)OC(=Cc2c[nH]c3ncccc23)C1=O. The van der Waals surface area contributed by atoms with Crippen LogP contribution in [0.3, 0.4) is 0 Å². The highest BCUT2D eigenvalue weighted by atomic mass is 16.5. The molecule has 4 rings (SSSR count). The summed E-state index contributed by atoms with van der Waals surface area (Å²) in [6.07, 6.45) is 10.5. The third-order valence-corrected chi connectivity index (χ3v) is 5.58. The van der Waals surface area contributed by atoms with Gasteiger partial charge in [0, 0.05) is 35.9 Å². The molecule has 0 amide bonds. The lowest BCUT2D eigenvalue weighted by Gasteiger charge is -2.24. The third kappa shape index (κ3) is 4.80. The number of ketones is 1. The molecule has 0 atom stereocenters. The molecule has 2 aromatic heterocycles. The van der Waals surface area contributed by atoms with Crippen molar-refractivity contribution in [3.63, 3.8) is 0 Å². The van der Waals surface area contributed by atoms with Crippen molar-refractivity contribution in [2.24, 2.45) is 0 Å². The molecule has 31 heavy (non-hydrogen) atoms. The first-order valence-corrected chi connectivity index (χ1v) is 10.7. The van der Waals surface area contributed by atoms with Gasteiger partial charge in [0.1, 0.15) is 12.3 Å². The summed E-state index contributed by atoms with van der Waals surface area (Å²) in [6.45, 7) is 0.775. The molecule has 0 aromatic carbocycles. The fourth-order valence-corrected chi connectivity index (χ4v) is 3.88. The van der Waals surface area contributed by atoms with Gasteiger partial charge >= 0.3 is 5.97 Å². The minimum Gasteiger partial charge on any atom is -0.460 e. The van der Waals surface area contributed by atoms with E-state index in [2.05, 4.69) is 15.3 Å². The van der Waals surface area contributed by atoms with Crippen molar-refractivity contribution in [2.45, 2.75) is 38.1 Å². The zero-order valence-electron chi connectivity index (χ0n) is 17.9. The maximum atomic E-state index is 13.1. The van der Waals surface area contributed by atoms with E-state index < -0.39 is 11.8 Å². The smallest absolute Gasteiger partial charge is 0.347 e. The first-order valence-electron chi connectivity index (χ1n) is 10.7. The van der Waals surface area contributed by atoms with Gasteiger partial charge in [0.2, 0.25) is 11.7 Å². The van der Waals surface area contributed by atoms with Crippen LogP contribution in [0.4, 0.5) is 0 Å². The Bertz CT molecular complexity index is 1030. The van der Waals surface area contributed by atoms with Crippen LogP contribution in [0.5, 0.6) is 0 Å². The summed E-state index contributed by atoms with van der Waals surface area (Å²) in [5.41, 5.74) is 1.43. The van der Waals surface area contributed by atoms with Crippen LogP contribution in [-0.2, 0) is 19.1 Å². The highest BCUT2D eigenvalue weighted by Crippen LogP contribution is 2.29. The van der Waals surface area contributed by atoms with Crippen LogP contribution in [0.25, 0.3) is 17.1 Å². The van der Waals surface area contributed by atoms with Gasteiger partial charge in [0.25, 0.3) is 0 Å². The minimum atomic E-state index is -0.658. The molecule has 8 nitrogen and oxygen atoms in total. The number of allylic oxidation sites excluding steroid dienone is 1. The molecule has 2 aromatic rings. The Balaban J connectivity index is 1.59. The van der Waals surface area contributed by atoms with Crippen LogP contribution in [0.2, 0.25) is 0 Å². The molecule has 1 aliphatic heterocycles. The van der Waals surface area contributed by atoms with Gasteiger partial charge in [-0.05, 0) is 45.1 Å². The molecule has 1 aliphatic carbocycles. The number of esters is 1. The number of likely N-dealkylation sites (N-methyl/N-ethyl adjacent to an activating group) is 1. The number of pyridine rings is 1. The second kappa shape index (κ2) is 9.34. The van der Waals surface area contributed by atoms with E-state index in [0.717, 1.165) is 42.3 Å². The van der Waals surface area contributed by atoms with E-state index in [9.17, 15) is 9.59 Å². The highest BCUT2D eigenvalue weighted by Gasteiger charge is 2.38. The van der Waals surface area contributed by atoms with E-state index in [1.165, 1.54) is 6.42 Å². The lowest BCUT2D eigenvalue weighted by molar-refractivity contribution is -0.140. The number of rotatable bonds is 7. The molecule has 0 radical (unpaired) electrons. The molecule has 3 heterocycles. The molecule has 0 unspecified atom stereocenters. The summed E-state index contributed by atoms with van der Waals surface area (Å²) in [5.74, 6) is -0.820. The Morgan fingerprint density at radius 1 is 1.35 bits per heavy atom. The zero-order valence-corrected chi connectivity index (χ0v) is 17.9. The predicted octanol–water partition coefficient (Wildman–Crippen LogP) is 2.74. The number of ether oxygens (including phenoxy) is 2. The Kier molecular flexibility index (Phi) is 6.36. The Morgan fingerprint density at radius 2 is 2.16 bits per heavy atom. The van der Waals surface area contributed by atoms with Crippen molar-refractivity contribution in [3.8, 4) is 0 Å².